The summed E-state index contributed by atoms with van der Waals surface area (Å²) < 4.78 is 21.9. The number of H-pyrrole nitrogens is 1. The third-order valence-corrected chi connectivity index (χ3v) is 6.68. The van der Waals surface area contributed by atoms with E-state index in [1.165, 1.54) is 6.07 Å². The molecule has 0 spiro atoms. The van der Waals surface area contributed by atoms with Crippen LogP contribution in [-0.2, 0) is 4.79 Å². The third kappa shape index (κ3) is 3.64. The van der Waals surface area contributed by atoms with Crippen LogP contribution in [0.3, 0.4) is 0 Å². The molecule has 2 fully saturated rings. The normalized spacial score (nSPS) is 17.2. The number of nitrogens with zero attached hydrogens (tertiary/aromatic N) is 3. The van der Waals surface area contributed by atoms with E-state index in [0.29, 0.717) is 25.1 Å². The van der Waals surface area contributed by atoms with Crippen molar-refractivity contribution in [3.05, 3.63) is 75.4 Å². The first-order valence-corrected chi connectivity index (χ1v) is 11.5. The van der Waals surface area contributed by atoms with E-state index < -0.39 is 11.5 Å². The second-order valence-electron chi connectivity index (χ2n) is 8.77. The highest BCUT2D eigenvalue weighted by Gasteiger charge is 2.35. The molecule has 1 saturated heterocycles. The molecule has 1 N–H and O–H groups in total. The monoisotopic (exact) mass is 478 g/mol. The van der Waals surface area contributed by atoms with Crippen molar-refractivity contribution in [2.45, 2.75) is 19.3 Å². The van der Waals surface area contributed by atoms with Crippen molar-refractivity contribution < 1.29 is 13.6 Å². The van der Waals surface area contributed by atoms with Crippen LogP contribution in [0.1, 0.15) is 25.1 Å². The average Bonchev–Trinajstić information content (AvgIpc) is 3.21. The lowest BCUT2D eigenvalue weighted by Gasteiger charge is -2.14. The fourth-order valence-corrected chi connectivity index (χ4v) is 4.77. The van der Waals surface area contributed by atoms with Crippen molar-refractivity contribution in [1.82, 2.24) is 19.7 Å². The molecule has 9 heteroatoms. The highest BCUT2D eigenvalue weighted by atomic mass is 35.5. The Morgan fingerprint density at radius 2 is 2.06 bits per heavy atom. The number of fused-ring (bicyclic) bond motifs is 1. The molecule has 1 amide bonds. The van der Waals surface area contributed by atoms with E-state index in [1.807, 2.05) is 29.2 Å². The van der Waals surface area contributed by atoms with Crippen molar-refractivity contribution in [1.29, 1.82) is 0 Å². The maximum Gasteiger partial charge on any atom is 0.348 e. The minimum atomic E-state index is -0.644. The van der Waals surface area contributed by atoms with Gasteiger partial charge in [-0.1, -0.05) is 17.7 Å². The summed E-state index contributed by atoms with van der Waals surface area (Å²) in [5.74, 6) is -0.0614. The van der Waals surface area contributed by atoms with Gasteiger partial charge in [-0.3, -0.25) is 4.79 Å². The van der Waals surface area contributed by atoms with Gasteiger partial charge in [0.25, 0.3) is 0 Å². The van der Waals surface area contributed by atoms with Crippen LogP contribution in [0, 0.1) is 11.7 Å². The summed E-state index contributed by atoms with van der Waals surface area (Å²) in [6, 6.07) is 10.3. The standard InChI is InChI=1S/C25H20ClFN4O3/c26-19-11-18(16-3-4-21-17(10-16)6-8-34-21)12-20(27)23(19)31-22(28-29-25(31)33)9-14-5-7-30(13-14)24(32)15-1-2-15/h3-4,6,8-12,15H,1-2,5,7,13H2,(H,29,33). The molecule has 4 aromatic rings. The quantitative estimate of drug-likeness (QED) is 0.457. The summed E-state index contributed by atoms with van der Waals surface area (Å²) in [5.41, 5.74) is 2.38. The third-order valence-electron chi connectivity index (χ3n) is 6.39. The molecule has 0 radical (unpaired) electrons. The lowest BCUT2D eigenvalue weighted by Crippen LogP contribution is -2.29. The molecular weight excluding hydrogens is 459 g/mol. The van der Waals surface area contributed by atoms with Crippen LogP contribution in [0.5, 0.6) is 0 Å². The van der Waals surface area contributed by atoms with Gasteiger partial charge in [0, 0.05) is 24.4 Å². The molecular formula is C25H20ClFN4O3. The van der Waals surface area contributed by atoms with Gasteiger partial charge in [-0.05, 0) is 72.4 Å². The maximum atomic E-state index is 15.4. The number of benzene rings is 2. The van der Waals surface area contributed by atoms with Gasteiger partial charge in [0.15, 0.2) is 5.82 Å². The van der Waals surface area contributed by atoms with E-state index in [9.17, 15) is 9.59 Å². The Labute approximate surface area is 198 Å². The van der Waals surface area contributed by atoms with Crippen molar-refractivity contribution in [3.8, 4) is 16.8 Å². The molecule has 0 bridgehead atoms. The summed E-state index contributed by atoms with van der Waals surface area (Å²) >= 11 is 6.51. The van der Waals surface area contributed by atoms with E-state index in [4.69, 9.17) is 16.0 Å². The molecule has 3 heterocycles. The molecule has 2 aromatic heterocycles. The van der Waals surface area contributed by atoms with Crippen LogP contribution < -0.4 is 5.69 Å². The Hall–Kier alpha value is -3.65. The minimum Gasteiger partial charge on any atom is -0.464 e. The number of rotatable bonds is 4. The van der Waals surface area contributed by atoms with Gasteiger partial charge in [-0.15, -0.1) is 0 Å². The summed E-state index contributed by atoms with van der Waals surface area (Å²) in [5, 5.41) is 7.44. The molecule has 6 rings (SSSR count). The van der Waals surface area contributed by atoms with Crippen molar-refractivity contribution in [2.75, 3.05) is 13.1 Å². The van der Waals surface area contributed by atoms with Crippen LogP contribution >= 0.6 is 11.6 Å². The van der Waals surface area contributed by atoms with Gasteiger partial charge in [-0.25, -0.2) is 18.9 Å². The molecule has 7 nitrogen and oxygen atoms in total. The van der Waals surface area contributed by atoms with E-state index in [1.54, 1.807) is 18.4 Å². The summed E-state index contributed by atoms with van der Waals surface area (Å²) in [6.07, 6.45) is 5.92. The molecule has 0 atom stereocenters. The van der Waals surface area contributed by atoms with Crippen LogP contribution in [-0.4, -0.2) is 38.7 Å². The smallest absolute Gasteiger partial charge is 0.348 e. The predicted octanol–water partition coefficient (Wildman–Crippen LogP) is 4.79. The molecule has 0 unspecified atom stereocenters. The molecule has 2 aromatic carbocycles. The number of carbonyl (C=O) groups excluding carboxylic acids is 1. The van der Waals surface area contributed by atoms with Gasteiger partial charge in [0.1, 0.15) is 17.1 Å². The Bertz CT molecular complexity index is 1510. The summed E-state index contributed by atoms with van der Waals surface area (Å²) in [4.78, 5) is 26.7. The Balaban J connectivity index is 1.35. The number of aromatic amines is 1. The number of aromatic nitrogens is 3. The topological polar surface area (TPSA) is 84.1 Å². The first-order valence-electron chi connectivity index (χ1n) is 11.1. The van der Waals surface area contributed by atoms with E-state index in [0.717, 1.165) is 39.5 Å². The van der Waals surface area contributed by atoms with E-state index in [2.05, 4.69) is 10.2 Å². The summed E-state index contributed by atoms with van der Waals surface area (Å²) in [7, 11) is 0. The van der Waals surface area contributed by atoms with Crippen molar-refractivity contribution >= 4 is 34.6 Å². The van der Waals surface area contributed by atoms with E-state index in [-0.39, 0.29) is 28.4 Å². The Morgan fingerprint density at radius 1 is 1.21 bits per heavy atom. The number of hydrogen-bond acceptors (Lipinski definition) is 4. The van der Waals surface area contributed by atoms with Gasteiger partial charge >= 0.3 is 5.69 Å². The summed E-state index contributed by atoms with van der Waals surface area (Å²) in [6.45, 7) is 1.13. The lowest BCUT2D eigenvalue weighted by molar-refractivity contribution is -0.131. The minimum absolute atomic E-state index is 0.0654. The SMILES string of the molecule is O=C(C1CC1)N1CCC(=Cc2n[nH]c(=O)n2-c2c(F)cc(-c3ccc4occc4c3)cc2Cl)C1. The first-order chi connectivity index (χ1) is 16.5. The fraction of sp³-hybridized carbons (Fsp3) is 0.240. The molecule has 2 aliphatic rings. The van der Waals surface area contributed by atoms with Crippen LogP contribution in [0.15, 0.2) is 57.4 Å². The molecule has 1 saturated carbocycles. The Kier molecular flexibility index (Phi) is 4.91. The Morgan fingerprint density at radius 3 is 2.85 bits per heavy atom. The first kappa shape index (κ1) is 20.9. The number of amides is 1. The van der Waals surface area contributed by atoms with Gasteiger partial charge < -0.3 is 9.32 Å². The van der Waals surface area contributed by atoms with Crippen molar-refractivity contribution in [2.24, 2.45) is 5.92 Å². The number of halogens is 2. The molecule has 172 valence electrons. The largest absolute Gasteiger partial charge is 0.464 e. The second kappa shape index (κ2) is 7.99. The highest BCUT2D eigenvalue weighted by Crippen LogP contribution is 2.34. The van der Waals surface area contributed by atoms with Crippen LogP contribution in [0.4, 0.5) is 4.39 Å². The number of hydrogen-bond donors (Lipinski definition) is 1. The van der Waals surface area contributed by atoms with Gasteiger partial charge in [0.2, 0.25) is 5.91 Å². The van der Waals surface area contributed by atoms with Gasteiger partial charge in [0.05, 0.1) is 11.3 Å². The predicted molar refractivity (Wildman–Crippen MR) is 126 cm³/mol. The molecule has 1 aliphatic carbocycles. The van der Waals surface area contributed by atoms with Crippen molar-refractivity contribution in [3.63, 3.8) is 0 Å². The zero-order valence-electron chi connectivity index (χ0n) is 18.1. The number of likely N-dealkylation sites (tertiary alicyclic amines) is 1. The lowest BCUT2D eigenvalue weighted by atomic mass is 10.0. The van der Waals surface area contributed by atoms with Gasteiger partial charge in [-0.2, -0.15) is 5.10 Å². The number of nitrogens with one attached hydrogen (secondary N) is 1. The highest BCUT2D eigenvalue weighted by molar-refractivity contribution is 6.32. The average molecular weight is 479 g/mol. The zero-order valence-corrected chi connectivity index (χ0v) is 18.8. The maximum absolute atomic E-state index is 15.4. The van der Waals surface area contributed by atoms with E-state index >= 15 is 4.39 Å². The number of furan rings is 1. The number of carbonyl (C=O) groups is 1. The van der Waals surface area contributed by atoms with Crippen LogP contribution in [0.25, 0.3) is 33.9 Å². The van der Waals surface area contributed by atoms with Crippen LogP contribution in [0.2, 0.25) is 5.02 Å². The zero-order chi connectivity index (χ0) is 23.4. The molecule has 34 heavy (non-hydrogen) atoms. The second-order valence-corrected chi connectivity index (χ2v) is 9.18. The molecule has 1 aliphatic heterocycles. The fourth-order valence-electron chi connectivity index (χ4n) is 4.47.